The van der Waals surface area contributed by atoms with Gasteiger partial charge in [0.1, 0.15) is 0 Å². The van der Waals surface area contributed by atoms with E-state index in [-0.39, 0.29) is 10.8 Å². The van der Waals surface area contributed by atoms with Crippen LogP contribution in [-0.4, -0.2) is 0 Å². The number of benzene rings is 2. The SMILES string of the molecule is Fc1ccc2sc3ccc(F)c(F)c3c2c1F. The molecular weight excluding hydrogens is 252 g/mol. The van der Waals surface area contributed by atoms with Crippen LogP contribution in [-0.2, 0) is 0 Å². The average molecular weight is 256 g/mol. The molecule has 0 saturated carbocycles. The van der Waals surface area contributed by atoms with Gasteiger partial charge in [-0.2, -0.15) is 0 Å². The summed E-state index contributed by atoms with van der Waals surface area (Å²) in [5, 5.41) is -0.385. The van der Waals surface area contributed by atoms with Gasteiger partial charge in [0.05, 0.1) is 0 Å². The van der Waals surface area contributed by atoms with Gasteiger partial charge in [-0.1, -0.05) is 0 Å². The highest BCUT2D eigenvalue weighted by Gasteiger charge is 2.18. The molecule has 2 aromatic carbocycles. The standard InChI is InChI=1S/C12H4F4S/c13-5-1-3-7-9(11(5)15)10-8(17-7)4-2-6(14)12(10)16/h1-4H. The first kappa shape index (κ1) is 10.5. The molecule has 0 atom stereocenters. The van der Waals surface area contributed by atoms with Crippen LogP contribution in [0.3, 0.4) is 0 Å². The minimum Gasteiger partial charge on any atom is -0.204 e. The van der Waals surface area contributed by atoms with Gasteiger partial charge in [0, 0.05) is 20.2 Å². The molecule has 17 heavy (non-hydrogen) atoms. The number of rotatable bonds is 0. The lowest BCUT2D eigenvalue weighted by atomic mass is 10.1. The summed E-state index contributed by atoms with van der Waals surface area (Å²) >= 11 is 1.09. The fourth-order valence-corrected chi connectivity index (χ4v) is 2.92. The first-order valence-corrected chi connectivity index (χ1v) is 5.55. The average Bonchev–Trinajstić information content (AvgIpc) is 2.69. The van der Waals surface area contributed by atoms with Crippen LogP contribution >= 0.6 is 11.3 Å². The summed E-state index contributed by atoms with van der Waals surface area (Å²) in [7, 11) is 0. The highest BCUT2D eigenvalue weighted by atomic mass is 32.1. The van der Waals surface area contributed by atoms with Gasteiger partial charge in [-0.25, -0.2) is 17.6 Å². The van der Waals surface area contributed by atoms with E-state index >= 15 is 0 Å². The van der Waals surface area contributed by atoms with Crippen LogP contribution in [0.15, 0.2) is 24.3 Å². The minimum atomic E-state index is -1.14. The Morgan fingerprint density at radius 1 is 0.647 bits per heavy atom. The summed E-state index contributed by atoms with van der Waals surface area (Å²) < 4.78 is 54.2. The van der Waals surface area contributed by atoms with E-state index in [0.717, 1.165) is 23.5 Å². The summed E-state index contributed by atoms with van der Waals surface area (Å²) in [5.41, 5.74) is 0. The lowest BCUT2D eigenvalue weighted by molar-refractivity contribution is 0.512. The molecule has 1 heterocycles. The minimum absolute atomic E-state index is 0.193. The van der Waals surface area contributed by atoms with Crippen molar-refractivity contribution in [1.82, 2.24) is 0 Å². The second kappa shape index (κ2) is 3.43. The van der Waals surface area contributed by atoms with Gasteiger partial charge in [-0.3, -0.25) is 0 Å². The smallest absolute Gasteiger partial charge is 0.168 e. The Labute approximate surface area is 97.1 Å². The number of halogens is 4. The molecule has 3 rings (SSSR count). The topological polar surface area (TPSA) is 0 Å². The highest BCUT2D eigenvalue weighted by molar-refractivity contribution is 7.25. The van der Waals surface area contributed by atoms with Crippen molar-refractivity contribution < 1.29 is 17.6 Å². The maximum absolute atomic E-state index is 13.6. The molecule has 1 aromatic heterocycles. The predicted octanol–water partition coefficient (Wildman–Crippen LogP) is 4.61. The number of thiophene rings is 1. The van der Waals surface area contributed by atoms with E-state index in [1.807, 2.05) is 0 Å². The van der Waals surface area contributed by atoms with E-state index in [9.17, 15) is 17.6 Å². The molecule has 86 valence electrons. The van der Waals surface area contributed by atoms with E-state index in [0.29, 0.717) is 9.40 Å². The van der Waals surface area contributed by atoms with Crippen molar-refractivity contribution in [2.24, 2.45) is 0 Å². The molecule has 3 aromatic rings. The molecule has 0 radical (unpaired) electrons. The Bertz CT molecular complexity index is 683. The number of fused-ring (bicyclic) bond motifs is 3. The van der Waals surface area contributed by atoms with E-state index < -0.39 is 23.3 Å². The van der Waals surface area contributed by atoms with Crippen molar-refractivity contribution in [3.63, 3.8) is 0 Å². The van der Waals surface area contributed by atoms with Crippen molar-refractivity contribution in [3.05, 3.63) is 47.5 Å². The largest absolute Gasteiger partial charge is 0.204 e. The molecule has 0 nitrogen and oxygen atoms in total. The maximum Gasteiger partial charge on any atom is 0.168 e. The molecule has 0 aliphatic carbocycles. The Morgan fingerprint density at radius 3 is 1.47 bits per heavy atom. The summed E-state index contributed by atoms with van der Waals surface area (Å²) in [6.45, 7) is 0. The number of hydrogen-bond acceptors (Lipinski definition) is 1. The Hall–Kier alpha value is -1.62. The molecule has 0 saturated heterocycles. The third-order valence-electron chi connectivity index (χ3n) is 2.58. The summed E-state index contributed by atoms with van der Waals surface area (Å²) in [5.74, 6) is -4.42. The zero-order valence-electron chi connectivity index (χ0n) is 8.23. The monoisotopic (exact) mass is 256 g/mol. The molecule has 0 spiro atoms. The predicted molar refractivity (Wildman–Crippen MR) is 59.2 cm³/mol. The lowest BCUT2D eigenvalue weighted by Crippen LogP contribution is -1.87. The van der Waals surface area contributed by atoms with Crippen LogP contribution in [0.1, 0.15) is 0 Å². The first-order chi connectivity index (χ1) is 8.09. The van der Waals surface area contributed by atoms with Gasteiger partial charge in [-0.05, 0) is 24.3 Å². The molecule has 0 aliphatic heterocycles. The third-order valence-corrected chi connectivity index (χ3v) is 3.70. The molecule has 0 aliphatic rings. The van der Waals surface area contributed by atoms with Crippen molar-refractivity contribution in [3.8, 4) is 0 Å². The number of hydrogen-bond donors (Lipinski definition) is 0. The van der Waals surface area contributed by atoms with Crippen molar-refractivity contribution in [2.45, 2.75) is 0 Å². The summed E-state index contributed by atoms with van der Waals surface area (Å²) in [4.78, 5) is 0. The van der Waals surface area contributed by atoms with Gasteiger partial charge >= 0.3 is 0 Å². The molecule has 0 unspecified atom stereocenters. The fraction of sp³-hybridized carbons (Fsp3) is 0. The van der Waals surface area contributed by atoms with Crippen molar-refractivity contribution in [2.75, 3.05) is 0 Å². The normalized spacial score (nSPS) is 11.5. The summed E-state index contributed by atoms with van der Waals surface area (Å²) in [6, 6.07) is 4.66. The van der Waals surface area contributed by atoms with Crippen LogP contribution in [0.25, 0.3) is 20.2 Å². The molecule has 0 bridgehead atoms. The fourth-order valence-electron chi connectivity index (χ4n) is 1.82. The molecule has 0 fully saturated rings. The Morgan fingerprint density at radius 2 is 1.06 bits per heavy atom. The Kier molecular flexibility index (Phi) is 2.13. The quantitative estimate of drug-likeness (QED) is 0.515. The van der Waals surface area contributed by atoms with Crippen LogP contribution in [0, 0.1) is 23.3 Å². The van der Waals surface area contributed by atoms with E-state index in [1.165, 1.54) is 12.1 Å². The van der Waals surface area contributed by atoms with Crippen LogP contribution in [0.2, 0.25) is 0 Å². The van der Waals surface area contributed by atoms with Gasteiger partial charge in [0.2, 0.25) is 0 Å². The van der Waals surface area contributed by atoms with Gasteiger partial charge in [0.25, 0.3) is 0 Å². The second-order valence-corrected chi connectivity index (χ2v) is 4.65. The second-order valence-electron chi connectivity index (χ2n) is 3.57. The zero-order valence-corrected chi connectivity index (χ0v) is 9.05. The zero-order chi connectivity index (χ0) is 12.2. The van der Waals surface area contributed by atoms with Crippen molar-refractivity contribution in [1.29, 1.82) is 0 Å². The van der Waals surface area contributed by atoms with Crippen LogP contribution in [0.4, 0.5) is 17.6 Å². The Balaban J connectivity index is 2.65. The third kappa shape index (κ3) is 1.35. The summed E-state index contributed by atoms with van der Waals surface area (Å²) in [6.07, 6.45) is 0. The first-order valence-electron chi connectivity index (χ1n) is 4.74. The molecule has 5 heteroatoms. The molecule has 0 amide bonds. The van der Waals surface area contributed by atoms with Gasteiger partial charge in [0.15, 0.2) is 23.3 Å². The van der Waals surface area contributed by atoms with Crippen LogP contribution < -0.4 is 0 Å². The maximum atomic E-state index is 13.6. The van der Waals surface area contributed by atoms with E-state index in [2.05, 4.69) is 0 Å². The van der Waals surface area contributed by atoms with Gasteiger partial charge in [-0.15, -0.1) is 11.3 Å². The van der Waals surface area contributed by atoms with Crippen molar-refractivity contribution >= 4 is 31.5 Å². The van der Waals surface area contributed by atoms with Crippen LogP contribution in [0.5, 0.6) is 0 Å². The lowest BCUT2D eigenvalue weighted by Gasteiger charge is -1.98. The molecular formula is C12H4F4S. The molecule has 0 N–H and O–H groups in total. The van der Waals surface area contributed by atoms with E-state index in [4.69, 9.17) is 0 Å². The van der Waals surface area contributed by atoms with E-state index in [1.54, 1.807) is 0 Å². The highest BCUT2D eigenvalue weighted by Crippen LogP contribution is 2.38. The van der Waals surface area contributed by atoms with Gasteiger partial charge < -0.3 is 0 Å².